The molecule has 100 valence electrons. The van der Waals surface area contributed by atoms with E-state index >= 15 is 0 Å². The molecule has 2 aromatic rings. The molecule has 0 saturated carbocycles. The van der Waals surface area contributed by atoms with Gasteiger partial charge in [-0.05, 0) is 18.2 Å². The zero-order chi connectivity index (χ0) is 14.0. The Morgan fingerprint density at radius 1 is 1.11 bits per heavy atom. The minimum absolute atomic E-state index is 0.0593. The Hall–Kier alpha value is -2.14. The molecule has 0 fully saturated rings. The van der Waals surface area contributed by atoms with Crippen LogP contribution in [0.25, 0.3) is 0 Å². The molecule has 0 aromatic heterocycles. The number of hydrogen-bond acceptors (Lipinski definition) is 4. The van der Waals surface area contributed by atoms with E-state index in [2.05, 4.69) is 0 Å². The summed E-state index contributed by atoms with van der Waals surface area (Å²) in [4.78, 5) is 0. The molecule has 0 spiro atoms. The highest BCUT2D eigenvalue weighted by atomic mass is 35.5. The van der Waals surface area contributed by atoms with Crippen LogP contribution >= 0.6 is 11.6 Å². The lowest BCUT2D eigenvalue weighted by Crippen LogP contribution is -2.00. The fourth-order valence-electron chi connectivity index (χ4n) is 1.57. The van der Waals surface area contributed by atoms with Crippen molar-refractivity contribution in [3.63, 3.8) is 0 Å². The molecule has 0 atom stereocenters. The third-order valence-electron chi connectivity index (χ3n) is 2.50. The van der Waals surface area contributed by atoms with Crippen molar-refractivity contribution in [3.8, 4) is 17.2 Å². The number of halogens is 2. The molecular weight excluding hydrogens is 271 g/mol. The number of methoxy groups -OCH3 is 1. The van der Waals surface area contributed by atoms with E-state index in [9.17, 15) is 4.39 Å². The zero-order valence-corrected chi connectivity index (χ0v) is 10.9. The third kappa shape index (κ3) is 2.51. The number of nitrogens with two attached hydrogens (primary N) is 2. The summed E-state index contributed by atoms with van der Waals surface area (Å²) < 4.78 is 24.5. The number of hydrogen-bond donors (Lipinski definition) is 2. The quantitative estimate of drug-likeness (QED) is 0.846. The zero-order valence-electron chi connectivity index (χ0n) is 10.1. The first-order chi connectivity index (χ1) is 9.04. The van der Waals surface area contributed by atoms with Crippen LogP contribution in [0.3, 0.4) is 0 Å². The predicted molar refractivity (Wildman–Crippen MR) is 73.3 cm³/mol. The number of ether oxygens (including phenoxy) is 2. The smallest absolute Gasteiger partial charge is 0.188 e. The molecule has 19 heavy (non-hydrogen) atoms. The Bertz CT molecular complexity index is 620. The molecule has 0 heterocycles. The Kier molecular flexibility index (Phi) is 3.66. The molecule has 4 N–H and O–H groups in total. The number of anilines is 2. The molecule has 2 aromatic carbocycles. The second kappa shape index (κ2) is 5.24. The Morgan fingerprint density at radius 3 is 2.37 bits per heavy atom. The molecule has 6 heteroatoms. The van der Waals surface area contributed by atoms with Crippen molar-refractivity contribution in [2.24, 2.45) is 0 Å². The van der Waals surface area contributed by atoms with Crippen molar-refractivity contribution in [1.82, 2.24) is 0 Å². The molecule has 0 saturated heterocycles. The molecule has 0 aliphatic heterocycles. The van der Waals surface area contributed by atoms with Crippen molar-refractivity contribution < 1.29 is 13.9 Å². The van der Waals surface area contributed by atoms with Crippen LogP contribution in [0.5, 0.6) is 17.2 Å². The van der Waals surface area contributed by atoms with Crippen LogP contribution in [0.2, 0.25) is 5.02 Å². The molecule has 2 rings (SSSR count). The summed E-state index contributed by atoms with van der Waals surface area (Å²) in [5, 5.41) is -0.223. The van der Waals surface area contributed by atoms with Crippen molar-refractivity contribution >= 4 is 23.0 Å². The summed E-state index contributed by atoms with van der Waals surface area (Å²) >= 11 is 5.73. The fourth-order valence-corrected chi connectivity index (χ4v) is 1.71. The van der Waals surface area contributed by atoms with Gasteiger partial charge >= 0.3 is 0 Å². The summed E-state index contributed by atoms with van der Waals surface area (Å²) in [5.41, 5.74) is 11.3. The summed E-state index contributed by atoms with van der Waals surface area (Å²) in [5.74, 6) is -0.195. The van der Waals surface area contributed by atoms with E-state index in [1.165, 1.54) is 13.2 Å². The average molecular weight is 283 g/mol. The highest BCUT2D eigenvalue weighted by Gasteiger charge is 2.17. The number of rotatable bonds is 3. The van der Waals surface area contributed by atoms with E-state index in [1.807, 2.05) is 0 Å². The van der Waals surface area contributed by atoms with Gasteiger partial charge in [0, 0.05) is 0 Å². The normalized spacial score (nSPS) is 10.3. The monoisotopic (exact) mass is 282 g/mol. The van der Waals surface area contributed by atoms with Gasteiger partial charge in [0.25, 0.3) is 0 Å². The van der Waals surface area contributed by atoms with Crippen LogP contribution in [0, 0.1) is 5.82 Å². The summed E-state index contributed by atoms with van der Waals surface area (Å²) in [6.07, 6.45) is 0. The van der Waals surface area contributed by atoms with Gasteiger partial charge in [-0.1, -0.05) is 23.7 Å². The summed E-state index contributed by atoms with van der Waals surface area (Å²) in [6, 6.07) is 8.15. The van der Waals surface area contributed by atoms with Gasteiger partial charge in [-0.25, -0.2) is 4.39 Å². The second-order valence-electron chi connectivity index (χ2n) is 3.77. The fraction of sp³-hybridized carbons (Fsp3) is 0.0769. The molecule has 0 amide bonds. The topological polar surface area (TPSA) is 70.5 Å². The minimum atomic E-state index is -0.801. The van der Waals surface area contributed by atoms with Gasteiger partial charge in [-0.15, -0.1) is 0 Å². The van der Waals surface area contributed by atoms with Gasteiger partial charge in [-0.2, -0.15) is 0 Å². The van der Waals surface area contributed by atoms with Crippen LogP contribution in [-0.2, 0) is 0 Å². The lowest BCUT2D eigenvalue weighted by atomic mass is 10.2. The molecule has 4 nitrogen and oxygen atoms in total. The van der Waals surface area contributed by atoms with Gasteiger partial charge in [-0.3, -0.25) is 0 Å². The van der Waals surface area contributed by atoms with Gasteiger partial charge in [0.2, 0.25) is 0 Å². The molecule has 0 aliphatic rings. The molecule has 0 radical (unpaired) electrons. The first-order valence-electron chi connectivity index (χ1n) is 5.38. The predicted octanol–water partition coefficient (Wildman–Crippen LogP) is 3.44. The van der Waals surface area contributed by atoms with E-state index in [0.29, 0.717) is 11.5 Å². The summed E-state index contributed by atoms with van der Waals surface area (Å²) in [6.45, 7) is 0. The second-order valence-corrected chi connectivity index (χ2v) is 4.14. The molecule has 0 aliphatic carbocycles. The molecule has 0 bridgehead atoms. The van der Waals surface area contributed by atoms with E-state index < -0.39 is 5.82 Å². The Labute approximate surface area is 114 Å². The van der Waals surface area contributed by atoms with Gasteiger partial charge < -0.3 is 20.9 Å². The SMILES string of the molecule is COc1ccccc1Oc1c(N)cc(N)c(Cl)c1F. The highest BCUT2D eigenvalue weighted by Crippen LogP contribution is 2.40. The lowest BCUT2D eigenvalue weighted by molar-refractivity contribution is 0.372. The van der Waals surface area contributed by atoms with Crippen molar-refractivity contribution in [3.05, 3.63) is 41.2 Å². The van der Waals surface area contributed by atoms with Crippen LogP contribution in [0.1, 0.15) is 0 Å². The molecule has 0 unspecified atom stereocenters. The average Bonchev–Trinajstić information content (AvgIpc) is 2.41. The maximum Gasteiger partial charge on any atom is 0.188 e. The number of para-hydroxylation sites is 2. The van der Waals surface area contributed by atoms with Crippen molar-refractivity contribution in [2.45, 2.75) is 0 Å². The standard InChI is InChI=1S/C13H12ClFN2O2/c1-18-9-4-2-3-5-10(9)19-13-8(17)6-7(16)11(14)12(13)15/h2-6H,16-17H2,1H3. The van der Waals surface area contributed by atoms with Crippen LogP contribution in [0.15, 0.2) is 30.3 Å². The summed E-state index contributed by atoms with van der Waals surface area (Å²) in [7, 11) is 1.48. The highest BCUT2D eigenvalue weighted by molar-refractivity contribution is 6.33. The van der Waals surface area contributed by atoms with E-state index in [4.69, 9.17) is 32.5 Å². The first-order valence-corrected chi connectivity index (χ1v) is 5.76. The van der Waals surface area contributed by atoms with Crippen LogP contribution in [-0.4, -0.2) is 7.11 Å². The van der Waals surface area contributed by atoms with E-state index in [-0.39, 0.29) is 22.1 Å². The Morgan fingerprint density at radius 2 is 1.74 bits per heavy atom. The largest absolute Gasteiger partial charge is 0.493 e. The van der Waals surface area contributed by atoms with Crippen LogP contribution in [0.4, 0.5) is 15.8 Å². The third-order valence-corrected chi connectivity index (χ3v) is 2.88. The maximum atomic E-state index is 14.0. The van der Waals surface area contributed by atoms with Crippen molar-refractivity contribution in [2.75, 3.05) is 18.6 Å². The molecular formula is C13H12ClFN2O2. The van der Waals surface area contributed by atoms with Crippen LogP contribution < -0.4 is 20.9 Å². The lowest BCUT2D eigenvalue weighted by Gasteiger charge is -2.13. The maximum absolute atomic E-state index is 14.0. The van der Waals surface area contributed by atoms with Gasteiger partial charge in [0.15, 0.2) is 23.1 Å². The van der Waals surface area contributed by atoms with Gasteiger partial charge in [0.1, 0.15) is 5.02 Å². The van der Waals surface area contributed by atoms with Gasteiger partial charge in [0.05, 0.1) is 18.5 Å². The number of nitrogen functional groups attached to an aromatic ring is 2. The number of benzene rings is 2. The van der Waals surface area contributed by atoms with E-state index in [1.54, 1.807) is 24.3 Å². The first kappa shape index (κ1) is 13.3. The van der Waals surface area contributed by atoms with E-state index in [0.717, 1.165) is 0 Å². The minimum Gasteiger partial charge on any atom is -0.493 e. The van der Waals surface area contributed by atoms with Crippen molar-refractivity contribution in [1.29, 1.82) is 0 Å². The Balaban J connectivity index is 2.47.